The molecule has 1 saturated carbocycles. The Morgan fingerprint density at radius 2 is 1.73 bits per heavy atom. The van der Waals surface area contributed by atoms with E-state index >= 15 is 0 Å². The maximum atomic E-state index is 13.1. The highest BCUT2D eigenvalue weighted by Gasteiger charge is 2.62. The van der Waals surface area contributed by atoms with Crippen LogP contribution in [0.3, 0.4) is 0 Å². The van der Waals surface area contributed by atoms with E-state index in [9.17, 15) is 27.9 Å². The van der Waals surface area contributed by atoms with Gasteiger partial charge in [0.2, 0.25) is 11.8 Å². The number of aryl methyl sites for hydroxylation is 1. The normalized spacial score (nSPS) is 25.9. The molecular formula is C21H24ClF3N2O3. The molecule has 1 aromatic rings. The lowest BCUT2D eigenvalue weighted by Gasteiger charge is -2.48. The third-order valence-electron chi connectivity index (χ3n) is 6.87. The summed E-state index contributed by atoms with van der Waals surface area (Å²) in [5, 5.41) is 10.5. The largest absolute Gasteiger partial charge is 0.415 e. The third-order valence-corrected chi connectivity index (χ3v) is 7.12. The van der Waals surface area contributed by atoms with Crippen LogP contribution < -0.4 is 0 Å². The van der Waals surface area contributed by atoms with Crippen molar-refractivity contribution in [2.24, 2.45) is 5.41 Å². The number of amides is 2. The van der Waals surface area contributed by atoms with E-state index in [4.69, 9.17) is 11.6 Å². The number of halogens is 4. The minimum Gasteiger partial charge on any atom is -0.383 e. The Hall–Kier alpha value is -1.80. The number of carbonyl (C=O) groups excluding carboxylic acids is 2. The fourth-order valence-electron chi connectivity index (χ4n) is 5.03. The van der Waals surface area contributed by atoms with Crippen molar-refractivity contribution in [3.05, 3.63) is 34.9 Å². The molecule has 3 atom stereocenters. The number of fused-ring (bicyclic) bond motifs is 2. The minimum atomic E-state index is -4.82. The zero-order valence-electron chi connectivity index (χ0n) is 16.4. The van der Waals surface area contributed by atoms with Crippen molar-refractivity contribution in [2.45, 2.75) is 62.9 Å². The fourth-order valence-corrected chi connectivity index (χ4v) is 5.15. The zero-order valence-corrected chi connectivity index (χ0v) is 17.1. The molecule has 1 unspecified atom stereocenters. The van der Waals surface area contributed by atoms with Crippen LogP contribution in [0, 0.1) is 5.41 Å². The highest BCUT2D eigenvalue weighted by molar-refractivity contribution is 6.30. The topological polar surface area (TPSA) is 60.9 Å². The Kier molecular flexibility index (Phi) is 5.51. The number of aliphatic hydroxyl groups is 1. The smallest absolute Gasteiger partial charge is 0.383 e. The molecule has 0 aromatic heterocycles. The van der Waals surface area contributed by atoms with Crippen LogP contribution in [0.2, 0.25) is 5.02 Å². The molecule has 164 valence electrons. The molecule has 2 amide bonds. The van der Waals surface area contributed by atoms with E-state index in [0.717, 1.165) is 5.56 Å². The molecule has 1 aliphatic carbocycles. The molecule has 0 radical (unpaired) electrons. The Bertz CT molecular complexity index is 826. The van der Waals surface area contributed by atoms with E-state index in [-0.39, 0.29) is 37.4 Å². The third kappa shape index (κ3) is 3.68. The molecule has 4 rings (SSSR count). The van der Waals surface area contributed by atoms with E-state index in [1.165, 1.54) is 4.90 Å². The van der Waals surface area contributed by atoms with Crippen LogP contribution in [0.15, 0.2) is 24.3 Å². The molecule has 0 spiro atoms. The van der Waals surface area contributed by atoms with Crippen molar-refractivity contribution in [2.75, 3.05) is 13.1 Å². The second-order valence-electron chi connectivity index (χ2n) is 8.63. The number of hydrogen-bond donors (Lipinski definition) is 1. The molecule has 9 heteroatoms. The summed E-state index contributed by atoms with van der Waals surface area (Å²) >= 11 is 5.87. The number of rotatable bonds is 5. The van der Waals surface area contributed by atoms with E-state index in [0.29, 0.717) is 37.3 Å². The zero-order chi connectivity index (χ0) is 21.7. The van der Waals surface area contributed by atoms with Gasteiger partial charge < -0.3 is 14.9 Å². The van der Waals surface area contributed by atoms with Crippen LogP contribution in [-0.2, 0) is 16.0 Å². The lowest BCUT2D eigenvalue weighted by Crippen LogP contribution is -2.61. The molecule has 2 heterocycles. The summed E-state index contributed by atoms with van der Waals surface area (Å²) in [6, 6.07) is 6.84. The van der Waals surface area contributed by atoms with Crippen molar-refractivity contribution in [3.63, 3.8) is 0 Å². The highest BCUT2D eigenvalue weighted by Crippen LogP contribution is 2.51. The van der Waals surface area contributed by atoms with Gasteiger partial charge in [-0.05, 0) is 43.4 Å². The van der Waals surface area contributed by atoms with Crippen LogP contribution in [0.1, 0.15) is 37.7 Å². The number of benzene rings is 1. The second-order valence-corrected chi connectivity index (χ2v) is 9.06. The van der Waals surface area contributed by atoms with Gasteiger partial charge in [0.1, 0.15) is 0 Å². The molecule has 1 N–H and O–H groups in total. The first-order valence-electron chi connectivity index (χ1n) is 10.2. The minimum absolute atomic E-state index is 0.0155. The van der Waals surface area contributed by atoms with E-state index in [1.807, 2.05) is 12.1 Å². The Morgan fingerprint density at radius 1 is 1.13 bits per heavy atom. The summed E-state index contributed by atoms with van der Waals surface area (Å²) in [4.78, 5) is 28.9. The number of alkyl halides is 3. The average Bonchev–Trinajstić information content (AvgIpc) is 3.26. The molecule has 30 heavy (non-hydrogen) atoms. The first-order valence-corrected chi connectivity index (χ1v) is 10.6. The lowest BCUT2D eigenvalue weighted by molar-refractivity contribution is -0.252. The van der Waals surface area contributed by atoms with Gasteiger partial charge >= 0.3 is 6.18 Å². The fraction of sp³-hybridized carbons (Fsp3) is 0.619. The van der Waals surface area contributed by atoms with Gasteiger partial charge in [0.15, 0.2) is 6.10 Å². The molecule has 2 saturated heterocycles. The van der Waals surface area contributed by atoms with E-state index < -0.39 is 23.6 Å². The Labute approximate surface area is 177 Å². The van der Waals surface area contributed by atoms with Crippen LogP contribution in [0.4, 0.5) is 13.2 Å². The average molecular weight is 445 g/mol. The van der Waals surface area contributed by atoms with Crippen molar-refractivity contribution in [1.82, 2.24) is 9.80 Å². The predicted molar refractivity (Wildman–Crippen MR) is 104 cm³/mol. The highest BCUT2D eigenvalue weighted by atomic mass is 35.5. The molecule has 1 aromatic carbocycles. The molecule has 3 aliphatic rings. The summed E-state index contributed by atoms with van der Waals surface area (Å²) in [6.07, 6.45) is -5.38. The van der Waals surface area contributed by atoms with Gasteiger partial charge in [-0.3, -0.25) is 9.59 Å². The quantitative estimate of drug-likeness (QED) is 0.758. The molecule has 3 fully saturated rings. The number of likely N-dealkylation sites (tertiary alicyclic amines) is 2. The Morgan fingerprint density at radius 3 is 2.23 bits per heavy atom. The number of piperazine rings is 1. The molecule has 2 aliphatic heterocycles. The van der Waals surface area contributed by atoms with Crippen LogP contribution >= 0.6 is 11.6 Å². The standard InChI is InChI=1S/C21H24ClF3N2O3/c22-14-5-2-13(3-6-14)4-7-17(28)26-11-16-10-15(26)12-27(16)19(30)20(8-1-9-20)18(29)21(23,24)25/h2-3,5-6,15-16,18,29H,1,4,7-12H2/t15-,16-,18?/m0/s1. The van der Waals surface area contributed by atoms with Crippen LogP contribution in [0.5, 0.6) is 0 Å². The van der Waals surface area contributed by atoms with Crippen molar-refractivity contribution in [1.29, 1.82) is 0 Å². The maximum Gasteiger partial charge on any atom is 0.415 e. The maximum absolute atomic E-state index is 13.1. The van der Waals surface area contributed by atoms with Gasteiger partial charge in [0.25, 0.3) is 0 Å². The summed E-state index contributed by atoms with van der Waals surface area (Å²) in [5.74, 6) is -0.627. The molecule has 5 nitrogen and oxygen atoms in total. The SMILES string of the molecule is O=C(CCc1ccc(Cl)cc1)N1C[C@@H]2C[C@H]1CN2C(=O)C1(C(O)C(F)(F)F)CCC1. The summed E-state index contributed by atoms with van der Waals surface area (Å²) < 4.78 is 39.4. The number of nitrogens with zero attached hydrogens (tertiary/aromatic N) is 2. The summed E-state index contributed by atoms with van der Waals surface area (Å²) in [6.45, 7) is 0.580. The lowest BCUT2D eigenvalue weighted by atomic mass is 9.63. The van der Waals surface area contributed by atoms with Crippen molar-refractivity contribution >= 4 is 23.4 Å². The number of carbonyl (C=O) groups is 2. The number of hydrogen-bond acceptors (Lipinski definition) is 3. The van der Waals surface area contributed by atoms with Gasteiger partial charge in [-0.15, -0.1) is 0 Å². The monoisotopic (exact) mass is 444 g/mol. The van der Waals surface area contributed by atoms with Crippen molar-refractivity contribution in [3.8, 4) is 0 Å². The first-order chi connectivity index (χ1) is 14.1. The molecule has 2 bridgehead atoms. The van der Waals surface area contributed by atoms with E-state index in [2.05, 4.69) is 0 Å². The second kappa shape index (κ2) is 7.71. The van der Waals surface area contributed by atoms with Crippen LogP contribution in [0.25, 0.3) is 0 Å². The van der Waals surface area contributed by atoms with Gasteiger partial charge in [-0.25, -0.2) is 0 Å². The van der Waals surface area contributed by atoms with Gasteiger partial charge in [-0.2, -0.15) is 13.2 Å². The van der Waals surface area contributed by atoms with Gasteiger partial charge in [-0.1, -0.05) is 30.2 Å². The summed E-state index contributed by atoms with van der Waals surface area (Å²) in [5.41, 5.74) is -0.756. The Balaban J connectivity index is 1.36. The summed E-state index contributed by atoms with van der Waals surface area (Å²) in [7, 11) is 0. The first kappa shape index (κ1) is 21.4. The number of aliphatic hydroxyl groups excluding tert-OH is 1. The van der Waals surface area contributed by atoms with Crippen LogP contribution in [-0.4, -0.2) is 64.2 Å². The molecular weight excluding hydrogens is 421 g/mol. The van der Waals surface area contributed by atoms with E-state index in [1.54, 1.807) is 17.0 Å². The van der Waals surface area contributed by atoms with Gasteiger partial charge in [0, 0.05) is 24.5 Å². The van der Waals surface area contributed by atoms with Gasteiger partial charge in [0.05, 0.1) is 17.5 Å². The van der Waals surface area contributed by atoms with Crippen molar-refractivity contribution < 1.29 is 27.9 Å². The predicted octanol–water partition coefficient (Wildman–Crippen LogP) is 3.18.